The van der Waals surface area contributed by atoms with E-state index in [4.69, 9.17) is 21.1 Å². The van der Waals surface area contributed by atoms with Crippen LogP contribution in [0.5, 0.6) is 11.5 Å². The highest BCUT2D eigenvalue weighted by atomic mass is 35.5. The quantitative estimate of drug-likeness (QED) is 0.232. The molecule has 1 aliphatic carbocycles. The first-order chi connectivity index (χ1) is 18.1. The van der Waals surface area contributed by atoms with Gasteiger partial charge in [0.15, 0.2) is 0 Å². The molecule has 0 aliphatic heterocycles. The molecule has 190 valence electrons. The Morgan fingerprint density at radius 3 is 1.51 bits per heavy atom. The van der Waals surface area contributed by atoms with Gasteiger partial charge in [0.2, 0.25) is 0 Å². The van der Waals surface area contributed by atoms with Crippen LogP contribution in [-0.2, 0) is 5.41 Å². The van der Waals surface area contributed by atoms with Gasteiger partial charge in [0.1, 0.15) is 43.6 Å². The normalized spacial score (nSPS) is 14.9. The summed E-state index contributed by atoms with van der Waals surface area (Å²) < 4.78 is 24.0. The Labute approximate surface area is 220 Å². The Hall–Kier alpha value is -3.38. The van der Waals surface area contributed by atoms with Gasteiger partial charge in [0, 0.05) is 0 Å². The van der Waals surface area contributed by atoms with Gasteiger partial charge in [0.05, 0.1) is 11.3 Å². The van der Waals surface area contributed by atoms with Crippen molar-refractivity contribution in [2.24, 2.45) is 0 Å². The van der Waals surface area contributed by atoms with Gasteiger partial charge in [-0.1, -0.05) is 72.8 Å². The SMILES string of the molecule is OC(CF)COc1ccc(C2(c3ccc(OCC(O)CCl)cc3)c3ccccc3-c3ccccc32)cc1. The summed E-state index contributed by atoms with van der Waals surface area (Å²) in [5.74, 6) is 1.33. The number of alkyl halides is 2. The third kappa shape index (κ3) is 4.71. The zero-order valence-electron chi connectivity index (χ0n) is 20.2. The number of aliphatic hydroxyl groups excluding tert-OH is 2. The van der Waals surface area contributed by atoms with Crippen molar-refractivity contribution in [3.63, 3.8) is 0 Å². The molecule has 2 unspecified atom stereocenters. The van der Waals surface area contributed by atoms with Crippen molar-refractivity contribution in [2.75, 3.05) is 25.8 Å². The van der Waals surface area contributed by atoms with E-state index in [1.807, 2.05) is 36.4 Å². The summed E-state index contributed by atoms with van der Waals surface area (Å²) in [6, 6.07) is 32.6. The first kappa shape index (κ1) is 25.3. The van der Waals surface area contributed by atoms with Crippen LogP contribution >= 0.6 is 11.6 Å². The second-order valence-electron chi connectivity index (χ2n) is 9.13. The minimum Gasteiger partial charge on any atom is -0.491 e. The van der Waals surface area contributed by atoms with Crippen LogP contribution in [0.3, 0.4) is 0 Å². The summed E-state index contributed by atoms with van der Waals surface area (Å²) in [5, 5.41) is 19.3. The molecule has 0 heterocycles. The van der Waals surface area contributed by atoms with E-state index in [2.05, 4.69) is 60.7 Å². The molecule has 4 aromatic carbocycles. The highest BCUT2D eigenvalue weighted by Crippen LogP contribution is 2.56. The van der Waals surface area contributed by atoms with Crippen LogP contribution < -0.4 is 9.47 Å². The standard InChI is InChI=1S/C31H28ClFO4/c32-17-23(34)19-36-25-13-9-21(10-14-25)31(22-11-15-26(16-12-22)37-20-24(35)18-33)29-7-3-1-5-27(29)28-6-2-4-8-30(28)31/h1-16,23-24,34-35H,17-20H2. The van der Waals surface area contributed by atoms with Crippen LogP contribution in [0.4, 0.5) is 4.39 Å². The average molecular weight is 519 g/mol. The lowest BCUT2D eigenvalue weighted by Crippen LogP contribution is -2.28. The van der Waals surface area contributed by atoms with Gasteiger partial charge in [-0.3, -0.25) is 0 Å². The van der Waals surface area contributed by atoms with Gasteiger partial charge in [-0.15, -0.1) is 11.6 Å². The van der Waals surface area contributed by atoms with Gasteiger partial charge in [-0.25, -0.2) is 4.39 Å². The van der Waals surface area contributed by atoms with E-state index in [1.165, 1.54) is 22.3 Å². The van der Waals surface area contributed by atoms with E-state index in [0.717, 1.165) is 11.1 Å². The van der Waals surface area contributed by atoms with Crippen molar-refractivity contribution >= 4 is 11.6 Å². The van der Waals surface area contributed by atoms with E-state index in [-0.39, 0.29) is 19.1 Å². The molecule has 0 saturated heterocycles. The molecule has 0 fully saturated rings. The third-order valence-corrected chi connectivity index (χ3v) is 7.12. The van der Waals surface area contributed by atoms with Crippen LogP contribution in [-0.4, -0.2) is 48.2 Å². The fraction of sp³-hybridized carbons (Fsp3) is 0.226. The van der Waals surface area contributed by atoms with E-state index >= 15 is 0 Å². The summed E-state index contributed by atoms with van der Waals surface area (Å²) in [4.78, 5) is 0. The van der Waals surface area contributed by atoms with Gasteiger partial charge >= 0.3 is 0 Å². The number of hydrogen-bond donors (Lipinski definition) is 2. The number of hydrogen-bond acceptors (Lipinski definition) is 4. The molecule has 4 nitrogen and oxygen atoms in total. The van der Waals surface area contributed by atoms with Gasteiger partial charge in [-0.2, -0.15) is 0 Å². The van der Waals surface area contributed by atoms with E-state index in [1.54, 1.807) is 0 Å². The average Bonchev–Trinajstić information content (AvgIpc) is 3.26. The summed E-state index contributed by atoms with van der Waals surface area (Å²) in [5.41, 5.74) is 6.22. The maximum absolute atomic E-state index is 12.7. The minimum absolute atomic E-state index is 0.105. The van der Waals surface area contributed by atoms with Crippen molar-refractivity contribution in [1.82, 2.24) is 0 Å². The predicted octanol–water partition coefficient (Wildman–Crippen LogP) is 5.74. The van der Waals surface area contributed by atoms with Crippen LogP contribution in [0.1, 0.15) is 22.3 Å². The smallest absolute Gasteiger partial charge is 0.119 e. The molecule has 5 rings (SSSR count). The maximum atomic E-state index is 12.7. The molecule has 0 amide bonds. The molecular weight excluding hydrogens is 491 g/mol. The molecule has 0 aromatic heterocycles. The number of halogens is 2. The largest absolute Gasteiger partial charge is 0.491 e. The minimum atomic E-state index is -1.15. The molecular formula is C31H28ClFO4. The van der Waals surface area contributed by atoms with Crippen LogP contribution in [0.25, 0.3) is 11.1 Å². The van der Waals surface area contributed by atoms with E-state index < -0.39 is 24.3 Å². The molecule has 0 bridgehead atoms. The highest BCUT2D eigenvalue weighted by molar-refractivity contribution is 6.18. The Bertz CT molecular complexity index is 1240. The lowest BCUT2D eigenvalue weighted by atomic mass is 9.68. The second-order valence-corrected chi connectivity index (χ2v) is 9.44. The summed E-state index contributed by atoms with van der Waals surface area (Å²) in [6.45, 7) is -0.829. The van der Waals surface area contributed by atoms with Gasteiger partial charge < -0.3 is 19.7 Å². The van der Waals surface area contributed by atoms with Crippen molar-refractivity contribution in [3.8, 4) is 22.6 Å². The summed E-state index contributed by atoms with van der Waals surface area (Å²) >= 11 is 5.70. The van der Waals surface area contributed by atoms with Crippen molar-refractivity contribution in [3.05, 3.63) is 119 Å². The van der Waals surface area contributed by atoms with E-state index in [0.29, 0.717) is 11.5 Å². The number of ether oxygens (including phenoxy) is 2. The molecule has 0 radical (unpaired) electrons. The number of rotatable bonds is 10. The van der Waals surface area contributed by atoms with Crippen molar-refractivity contribution in [2.45, 2.75) is 17.6 Å². The van der Waals surface area contributed by atoms with Gasteiger partial charge in [-0.05, 0) is 57.6 Å². The zero-order valence-corrected chi connectivity index (χ0v) is 20.9. The monoisotopic (exact) mass is 518 g/mol. The van der Waals surface area contributed by atoms with E-state index in [9.17, 15) is 14.6 Å². The topological polar surface area (TPSA) is 58.9 Å². The first-order valence-corrected chi connectivity index (χ1v) is 12.8. The third-order valence-electron chi connectivity index (χ3n) is 6.77. The number of aliphatic hydroxyl groups is 2. The molecule has 37 heavy (non-hydrogen) atoms. The Kier molecular flexibility index (Phi) is 7.47. The van der Waals surface area contributed by atoms with Crippen LogP contribution in [0, 0.1) is 0 Å². The predicted molar refractivity (Wildman–Crippen MR) is 143 cm³/mol. The van der Waals surface area contributed by atoms with Gasteiger partial charge in [0.25, 0.3) is 0 Å². The Morgan fingerprint density at radius 1 is 0.649 bits per heavy atom. The van der Waals surface area contributed by atoms with Crippen molar-refractivity contribution < 1.29 is 24.1 Å². The van der Waals surface area contributed by atoms with Crippen molar-refractivity contribution in [1.29, 1.82) is 0 Å². The van der Waals surface area contributed by atoms with Crippen LogP contribution in [0.15, 0.2) is 97.1 Å². The molecule has 0 spiro atoms. The number of benzene rings is 4. The molecule has 2 atom stereocenters. The number of fused-ring (bicyclic) bond motifs is 3. The van der Waals surface area contributed by atoms with Crippen LogP contribution in [0.2, 0.25) is 0 Å². The summed E-state index contributed by atoms with van der Waals surface area (Å²) in [6.07, 6.45) is -1.88. The fourth-order valence-corrected chi connectivity index (χ4v) is 5.19. The fourth-order valence-electron chi connectivity index (χ4n) is 5.10. The molecule has 4 aromatic rings. The maximum Gasteiger partial charge on any atom is 0.119 e. The molecule has 1 aliphatic rings. The highest BCUT2D eigenvalue weighted by Gasteiger charge is 2.45. The Balaban J connectivity index is 1.61. The molecule has 6 heteroatoms. The lowest BCUT2D eigenvalue weighted by molar-refractivity contribution is 0.0842. The second kappa shape index (κ2) is 10.9. The summed E-state index contributed by atoms with van der Waals surface area (Å²) in [7, 11) is 0. The first-order valence-electron chi connectivity index (χ1n) is 12.2. The molecule has 2 N–H and O–H groups in total. The molecule has 0 saturated carbocycles. The Morgan fingerprint density at radius 2 is 1.08 bits per heavy atom. The zero-order chi connectivity index (χ0) is 25.8. The lowest BCUT2D eigenvalue weighted by Gasteiger charge is -2.34.